The molecule has 0 fully saturated rings. The van der Waals surface area contributed by atoms with E-state index in [4.69, 9.17) is 11.6 Å². The van der Waals surface area contributed by atoms with Crippen LogP contribution in [0.15, 0.2) is 42.5 Å². The fourth-order valence-corrected chi connectivity index (χ4v) is 2.33. The van der Waals surface area contributed by atoms with Gasteiger partial charge in [-0.2, -0.15) is 0 Å². The van der Waals surface area contributed by atoms with E-state index < -0.39 is 0 Å². The van der Waals surface area contributed by atoms with Gasteiger partial charge in [0.25, 0.3) is 0 Å². The lowest BCUT2D eigenvalue weighted by Crippen LogP contribution is -1.96. The summed E-state index contributed by atoms with van der Waals surface area (Å²) in [6.45, 7) is 4.29. The molecular weight excluding hydrogens is 228 g/mol. The summed E-state index contributed by atoms with van der Waals surface area (Å²) in [4.78, 5) is 0. The lowest BCUT2D eigenvalue weighted by molar-refractivity contribution is 0.939. The SMILES string of the molecule is Cc1ccccc1CCc1ccc(Cl)cc1C. The summed E-state index contributed by atoms with van der Waals surface area (Å²) in [7, 11) is 0. The molecule has 0 N–H and O–H groups in total. The fourth-order valence-electron chi connectivity index (χ4n) is 2.10. The highest BCUT2D eigenvalue weighted by atomic mass is 35.5. The Labute approximate surface area is 108 Å². The van der Waals surface area contributed by atoms with E-state index in [1.807, 2.05) is 12.1 Å². The maximum absolute atomic E-state index is 5.96. The monoisotopic (exact) mass is 244 g/mol. The Morgan fingerprint density at radius 3 is 2.12 bits per heavy atom. The van der Waals surface area contributed by atoms with Crippen LogP contribution in [0.25, 0.3) is 0 Å². The second kappa shape index (κ2) is 5.37. The molecule has 1 heteroatoms. The Morgan fingerprint density at radius 1 is 0.824 bits per heavy atom. The topological polar surface area (TPSA) is 0 Å². The molecule has 0 unspecified atom stereocenters. The molecule has 0 aliphatic heterocycles. The first kappa shape index (κ1) is 12.2. The largest absolute Gasteiger partial charge is 0.0843 e. The van der Waals surface area contributed by atoms with Crippen molar-refractivity contribution in [2.24, 2.45) is 0 Å². The van der Waals surface area contributed by atoms with Crippen molar-refractivity contribution in [3.8, 4) is 0 Å². The predicted molar refractivity (Wildman–Crippen MR) is 74.8 cm³/mol. The van der Waals surface area contributed by atoms with Gasteiger partial charge in [0.05, 0.1) is 0 Å². The second-order valence-corrected chi connectivity index (χ2v) is 4.93. The predicted octanol–water partition coefficient (Wildman–Crippen LogP) is 4.74. The maximum atomic E-state index is 5.96. The molecule has 0 aliphatic carbocycles. The lowest BCUT2D eigenvalue weighted by atomic mass is 9.98. The molecule has 0 radical (unpaired) electrons. The van der Waals surface area contributed by atoms with Gasteiger partial charge in [-0.05, 0) is 61.1 Å². The van der Waals surface area contributed by atoms with E-state index in [-0.39, 0.29) is 0 Å². The van der Waals surface area contributed by atoms with Gasteiger partial charge in [0.1, 0.15) is 0 Å². The number of rotatable bonds is 3. The van der Waals surface area contributed by atoms with Crippen molar-refractivity contribution in [2.45, 2.75) is 26.7 Å². The molecule has 2 aromatic carbocycles. The van der Waals surface area contributed by atoms with Crippen molar-refractivity contribution < 1.29 is 0 Å². The van der Waals surface area contributed by atoms with Crippen LogP contribution in [-0.2, 0) is 12.8 Å². The van der Waals surface area contributed by atoms with Crippen LogP contribution in [0.1, 0.15) is 22.3 Å². The van der Waals surface area contributed by atoms with Crippen LogP contribution in [0, 0.1) is 13.8 Å². The molecule has 17 heavy (non-hydrogen) atoms. The summed E-state index contributed by atoms with van der Waals surface area (Å²) in [5.74, 6) is 0. The van der Waals surface area contributed by atoms with Crippen LogP contribution in [0.3, 0.4) is 0 Å². The van der Waals surface area contributed by atoms with Crippen LogP contribution >= 0.6 is 11.6 Å². The van der Waals surface area contributed by atoms with Crippen LogP contribution < -0.4 is 0 Å². The third kappa shape index (κ3) is 3.10. The van der Waals surface area contributed by atoms with E-state index in [2.05, 4.69) is 44.2 Å². The van der Waals surface area contributed by atoms with E-state index >= 15 is 0 Å². The van der Waals surface area contributed by atoms with Gasteiger partial charge in [-0.15, -0.1) is 0 Å². The molecule has 0 heterocycles. The Morgan fingerprint density at radius 2 is 1.47 bits per heavy atom. The van der Waals surface area contributed by atoms with Crippen molar-refractivity contribution in [1.29, 1.82) is 0 Å². The average molecular weight is 245 g/mol. The second-order valence-electron chi connectivity index (χ2n) is 4.50. The van der Waals surface area contributed by atoms with Gasteiger partial charge in [0.15, 0.2) is 0 Å². The highest BCUT2D eigenvalue weighted by Crippen LogP contribution is 2.18. The van der Waals surface area contributed by atoms with Crippen molar-refractivity contribution >= 4 is 11.6 Å². The smallest absolute Gasteiger partial charge is 0.0408 e. The highest BCUT2D eigenvalue weighted by molar-refractivity contribution is 6.30. The molecule has 0 atom stereocenters. The van der Waals surface area contributed by atoms with Crippen molar-refractivity contribution in [1.82, 2.24) is 0 Å². The normalized spacial score (nSPS) is 10.5. The minimum Gasteiger partial charge on any atom is -0.0843 e. The van der Waals surface area contributed by atoms with E-state index in [1.54, 1.807) is 0 Å². The van der Waals surface area contributed by atoms with Crippen LogP contribution in [0.2, 0.25) is 5.02 Å². The Balaban J connectivity index is 2.10. The highest BCUT2D eigenvalue weighted by Gasteiger charge is 2.02. The van der Waals surface area contributed by atoms with Crippen LogP contribution in [-0.4, -0.2) is 0 Å². The third-order valence-corrected chi connectivity index (χ3v) is 3.46. The Kier molecular flexibility index (Phi) is 3.86. The summed E-state index contributed by atoms with van der Waals surface area (Å²) >= 11 is 5.96. The first-order valence-corrected chi connectivity index (χ1v) is 6.34. The quantitative estimate of drug-likeness (QED) is 0.732. The maximum Gasteiger partial charge on any atom is 0.0408 e. The Hall–Kier alpha value is -1.27. The molecule has 0 aliphatic rings. The molecule has 0 spiro atoms. The molecule has 88 valence electrons. The summed E-state index contributed by atoms with van der Waals surface area (Å²) in [6, 6.07) is 14.7. The summed E-state index contributed by atoms with van der Waals surface area (Å²) in [6.07, 6.45) is 2.17. The minimum atomic E-state index is 0.821. The van der Waals surface area contributed by atoms with Gasteiger partial charge < -0.3 is 0 Å². The zero-order valence-electron chi connectivity index (χ0n) is 10.3. The van der Waals surface area contributed by atoms with Gasteiger partial charge in [0, 0.05) is 5.02 Å². The summed E-state index contributed by atoms with van der Waals surface area (Å²) < 4.78 is 0. The van der Waals surface area contributed by atoms with E-state index in [0.29, 0.717) is 0 Å². The molecule has 0 bridgehead atoms. The number of hydrogen-bond donors (Lipinski definition) is 0. The van der Waals surface area contributed by atoms with Crippen LogP contribution in [0.5, 0.6) is 0 Å². The molecule has 0 aromatic heterocycles. The zero-order chi connectivity index (χ0) is 12.3. The fraction of sp³-hybridized carbons (Fsp3) is 0.250. The standard InChI is InChI=1S/C16H17Cl/c1-12-5-3-4-6-14(12)7-8-15-9-10-16(17)11-13(15)2/h3-6,9-11H,7-8H2,1-2H3. The van der Waals surface area contributed by atoms with Gasteiger partial charge >= 0.3 is 0 Å². The molecule has 0 nitrogen and oxygen atoms in total. The average Bonchev–Trinajstić information content (AvgIpc) is 2.30. The third-order valence-electron chi connectivity index (χ3n) is 3.23. The van der Waals surface area contributed by atoms with Gasteiger partial charge in [-0.25, -0.2) is 0 Å². The molecular formula is C16H17Cl. The summed E-state index contributed by atoms with van der Waals surface area (Å²) in [5, 5.41) is 0.821. The molecule has 0 saturated carbocycles. The van der Waals surface area contributed by atoms with E-state index in [9.17, 15) is 0 Å². The van der Waals surface area contributed by atoms with Crippen LogP contribution in [0.4, 0.5) is 0 Å². The first-order chi connectivity index (χ1) is 8.16. The van der Waals surface area contributed by atoms with Gasteiger partial charge in [-0.3, -0.25) is 0 Å². The number of aryl methyl sites for hydroxylation is 4. The number of benzene rings is 2. The van der Waals surface area contributed by atoms with Gasteiger partial charge in [0.2, 0.25) is 0 Å². The lowest BCUT2D eigenvalue weighted by Gasteiger charge is -2.08. The van der Waals surface area contributed by atoms with Crippen molar-refractivity contribution in [3.05, 3.63) is 69.7 Å². The molecule has 2 rings (SSSR count). The van der Waals surface area contributed by atoms with Gasteiger partial charge in [-0.1, -0.05) is 41.9 Å². The van der Waals surface area contributed by atoms with E-state index in [0.717, 1.165) is 17.9 Å². The number of halogens is 1. The number of hydrogen-bond acceptors (Lipinski definition) is 0. The minimum absolute atomic E-state index is 0.821. The Bertz CT molecular complexity index is 515. The summed E-state index contributed by atoms with van der Waals surface area (Å²) in [5.41, 5.74) is 5.48. The molecule has 0 saturated heterocycles. The molecule has 0 amide bonds. The zero-order valence-corrected chi connectivity index (χ0v) is 11.1. The first-order valence-electron chi connectivity index (χ1n) is 5.96. The van der Waals surface area contributed by atoms with E-state index in [1.165, 1.54) is 22.3 Å². The van der Waals surface area contributed by atoms with Crippen molar-refractivity contribution in [3.63, 3.8) is 0 Å². The molecule has 2 aromatic rings. The van der Waals surface area contributed by atoms with Crippen molar-refractivity contribution in [2.75, 3.05) is 0 Å².